The van der Waals surface area contributed by atoms with E-state index in [0.29, 0.717) is 0 Å². The van der Waals surface area contributed by atoms with Crippen LogP contribution in [-0.4, -0.2) is 48.1 Å². The topological polar surface area (TPSA) is 56.8 Å². The molecule has 1 fully saturated rings. The number of thioether (sulfide) groups is 1. The van der Waals surface area contributed by atoms with Gasteiger partial charge in [-0.15, -0.1) is 5.10 Å². The normalized spacial score (nSPS) is 17.6. The highest BCUT2D eigenvalue weighted by molar-refractivity contribution is 7.97. The van der Waals surface area contributed by atoms with Gasteiger partial charge in [-0.05, 0) is 38.6 Å². The quantitative estimate of drug-likeness (QED) is 0.825. The van der Waals surface area contributed by atoms with Crippen LogP contribution in [0.2, 0.25) is 0 Å². The maximum atomic E-state index is 4.52. The summed E-state index contributed by atoms with van der Waals surface area (Å²) in [5, 5.41) is 10.5. The van der Waals surface area contributed by atoms with E-state index in [1.165, 1.54) is 12.8 Å². The van der Waals surface area contributed by atoms with Crippen LogP contribution in [0.4, 0.5) is 5.95 Å². The molecule has 0 spiro atoms. The standard InChI is InChI=1S/C11H21N5S/c1-12-7-9-3-5-16(6-4-9)11-13-10(8-17-2)14-15-11/h9,12H,3-8H2,1-2H3,(H,13,14,15). The van der Waals surface area contributed by atoms with Crippen molar-refractivity contribution in [2.45, 2.75) is 18.6 Å². The molecule has 96 valence electrons. The van der Waals surface area contributed by atoms with Gasteiger partial charge in [0.1, 0.15) is 5.82 Å². The van der Waals surface area contributed by atoms with Gasteiger partial charge < -0.3 is 10.2 Å². The van der Waals surface area contributed by atoms with E-state index in [4.69, 9.17) is 0 Å². The van der Waals surface area contributed by atoms with Gasteiger partial charge in [-0.25, -0.2) is 0 Å². The van der Waals surface area contributed by atoms with Crippen LogP contribution in [0.3, 0.4) is 0 Å². The monoisotopic (exact) mass is 255 g/mol. The van der Waals surface area contributed by atoms with Crippen LogP contribution in [0.5, 0.6) is 0 Å². The highest BCUT2D eigenvalue weighted by atomic mass is 32.2. The van der Waals surface area contributed by atoms with Crippen molar-refractivity contribution in [1.82, 2.24) is 20.5 Å². The van der Waals surface area contributed by atoms with E-state index < -0.39 is 0 Å². The summed E-state index contributed by atoms with van der Waals surface area (Å²) in [5.74, 6) is 3.56. The summed E-state index contributed by atoms with van der Waals surface area (Å²) in [6.45, 7) is 3.27. The Morgan fingerprint density at radius 2 is 2.24 bits per heavy atom. The Morgan fingerprint density at radius 3 is 2.88 bits per heavy atom. The molecule has 0 aromatic carbocycles. The first-order valence-electron chi connectivity index (χ1n) is 6.13. The largest absolute Gasteiger partial charge is 0.340 e. The zero-order valence-corrected chi connectivity index (χ0v) is 11.4. The van der Waals surface area contributed by atoms with Crippen molar-refractivity contribution in [3.8, 4) is 0 Å². The smallest absolute Gasteiger partial charge is 0.244 e. The van der Waals surface area contributed by atoms with Crippen molar-refractivity contribution in [3.05, 3.63) is 5.82 Å². The molecule has 5 nitrogen and oxygen atoms in total. The van der Waals surface area contributed by atoms with Crippen LogP contribution >= 0.6 is 11.8 Å². The number of aromatic amines is 1. The third kappa shape index (κ3) is 3.35. The summed E-state index contributed by atoms with van der Waals surface area (Å²) in [7, 11) is 2.02. The Kier molecular flexibility index (Phi) is 4.67. The summed E-state index contributed by atoms with van der Waals surface area (Å²) in [4.78, 5) is 6.80. The van der Waals surface area contributed by atoms with Crippen LogP contribution in [0.25, 0.3) is 0 Å². The van der Waals surface area contributed by atoms with Crippen LogP contribution in [0.1, 0.15) is 18.7 Å². The molecule has 1 aliphatic rings. The van der Waals surface area contributed by atoms with Crippen molar-refractivity contribution in [1.29, 1.82) is 0 Å². The third-order valence-electron chi connectivity index (χ3n) is 3.19. The van der Waals surface area contributed by atoms with Gasteiger partial charge >= 0.3 is 0 Å². The number of aromatic nitrogens is 3. The van der Waals surface area contributed by atoms with Gasteiger partial charge in [0.05, 0.1) is 5.75 Å². The molecule has 2 rings (SSSR count). The zero-order chi connectivity index (χ0) is 12.1. The molecular formula is C11H21N5S. The Hall–Kier alpha value is -0.750. The lowest BCUT2D eigenvalue weighted by Crippen LogP contribution is -2.37. The van der Waals surface area contributed by atoms with E-state index in [1.54, 1.807) is 11.8 Å². The molecule has 0 aliphatic carbocycles. The molecule has 0 atom stereocenters. The van der Waals surface area contributed by atoms with Gasteiger partial charge in [0.15, 0.2) is 0 Å². The van der Waals surface area contributed by atoms with Crippen LogP contribution in [0, 0.1) is 5.92 Å². The molecule has 2 N–H and O–H groups in total. The van der Waals surface area contributed by atoms with Crippen molar-refractivity contribution < 1.29 is 0 Å². The zero-order valence-electron chi connectivity index (χ0n) is 10.6. The first-order chi connectivity index (χ1) is 8.33. The number of anilines is 1. The van der Waals surface area contributed by atoms with Crippen LogP contribution in [0.15, 0.2) is 0 Å². The fourth-order valence-corrected chi connectivity index (χ4v) is 2.66. The lowest BCUT2D eigenvalue weighted by molar-refractivity contribution is 0.391. The summed E-state index contributed by atoms with van der Waals surface area (Å²) < 4.78 is 0. The number of piperidine rings is 1. The average molecular weight is 255 g/mol. The third-order valence-corrected chi connectivity index (χ3v) is 3.75. The number of rotatable bonds is 5. The van der Waals surface area contributed by atoms with E-state index in [1.807, 2.05) is 7.05 Å². The SMILES string of the molecule is CNCC1CCN(c2n[nH]c(CSC)n2)CC1. The van der Waals surface area contributed by atoms with E-state index in [9.17, 15) is 0 Å². The minimum atomic E-state index is 0.806. The predicted octanol–water partition coefficient (Wildman–Crippen LogP) is 1.10. The Bertz CT molecular complexity index is 332. The average Bonchev–Trinajstić information content (AvgIpc) is 2.80. The molecule has 1 aromatic heterocycles. The minimum Gasteiger partial charge on any atom is -0.340 e. The molecule has 1 aliphatic heterocycles. The fraction of sp³-hybridized carbons (Fsp3) is 0.818. The van der Waals surface area contributed by atoms with E-state index >= 15 is 0 Å². The number of nitrogens with one attached hydrogen (secondary N) is 2. The molecule has 0 amide bonds. The van der Waals surface area contributed by atoms with Crippen molar-refractivity contribution >= 4 is 17.7 Å². The van der Waals surface area contributed by atoms with E-state index in [2.05, 4.69) is 31.7 Å². The first kappa shape index (κ1) is 12.7. The van der Waals surface area contributed by atoms with Crippen molar-refractivity contribution in [2.75, 3.05) is 37.8 Å². The predicted molar refractivity (Wildman–Crippen MR) is 72.5 cm³/mol. The second kappa shape index (κ2) is 6.26. The van der Waals surface area contributed by atoms with Crippen molar-refractivity contribution in [2.24, 2.45) is 5.92 Å². The molecule has 1 saturated heterocycles. The van der Waals surface area contributed by atoms with E-state index in [0.717, 1.165) is 43.1 Å². The van der Waals surface area contributed by atoms with Crippen LogP contribution in [-0.2, 0) is 5.75 Å². The summed E-state index contributed by atoms with van der Waals surface area (Å²) in [6, 6.07) is 0. The molecule has 1 aromatic rings. The minimum absolute atomic E-state index is 0.806. The molecular weight excluding hydrogens is 234 g/mol. The van der Waals surface area contributed by atoms with Gasteiger partial charge in [-0.3, -0.25) is 5.10 Å². The molecule has 0 radical (unpaired) electrons. The maximum absolute atomic E-state index is 4.52. The maximum Gasteiger partial charge on any atom is 0.244 e. The molecule has 0 bridgehead atoms. The Balaban J connectivity index is 1.86. The van der Waals surface area contributed by atoms with Crippen molar-refractivity contribution in [3.63, 3.8) is 0 Å². The highest BCUT2D eigenvalue weighted by Gasteiger charge is 2.21. The Labute approximate surface area is 107 Å². The lowest BCUT2D eigenvalue weighted by Gasteiger charge is -2.30. The Morgan fingerprint density at radius 1 is 1.47 bits per heavy atom. The van der Waals surface area contributed by atoms with E-state index in [-0.39, 0.29) is 0 Å². The first-order valence-corrected chi connectivity index (χ1v) is 7.52. The number of nitrogens with zero attached hydrogens (tertiary/aromatic N) is 3. The summed E-state index contributed by atoms with van der Waals surface area (Å²) in [6.07, 6.45) is 4.53. The number of H-pyrrole nitrogens is 1. The van der Waals surface area contributed by atoms with Gasteiger partial charge in [-0.2, -0.15) is 16.7 Å². The lowest BCUT2D eigenvalue weighted by atomic mass is 9.97. The van der Waals surface area contributed by atoms with Crippen LogP contribution < -0.4 is 10.2 Å². The van der Waals surface area contributed by atoms with Gasteiger partial charge in [0.2, 0.25) is 5.95 Å². The molecule has 0 unspecified atom stereocenters. The summed E-state index contributed by atoms with van der Waals surface area (Å²) >= 11 is 1.76. The molecule has 17 heavy (non-hydrogen) atoms. The van der Waals surface area contributed by atoms with Gasteiger partial charge in [-0.1, -0.05) is 0 Å². The number of hydrogen-bond donors (Lipinski definition) is 2. The second-order valence-electron chi connectivity index (χ2n) is 4.50. The van der Waals surface area contributed by atoms with Gasteiger partial charge in [0, 0.05) is 13.1 Å². The second-order valence-corrected chi connectivity index (χ2v) is 5.37. The highest BCUT2D eigenvalue weighted by Crippen LogP contribution is 2.20. The molecule has 2 heterocycles. The molecule has 0 saturated carbocycles. The summed E-state index contributed by atoms with van der Waals surface area (Å²) in [5.41, 5.74) is 0. The molecule has 6 heteroatoms. The fourth-order valence-electron chi connectivity index (χ4n) is 2.25. The number of hydrogen-bond acceptors (Lipinski definition) is 5. The van der Waals surface area contributed by atoms with Gasteiger partial charge in [0.25, 0.3) is 0 Å².